The van der Waals surface area contributed by atoms with Crippen molar-refractivity contribution < 1.29 is 19.3 Å². The van der Waals surface area contributed by atoms with Gasteiger partial charge in [0.25, 0.3) is 0 Å². The van der Waals surface area contributed by atoms with Crippen LogP contribution in [0.5, 0.6) is 17.2 Å². The number of fused-ring (bicyclic) bond motifs is 3. The van der Waals surface area contributed by atoms with Crippen molar-refractivity contribution in [1.29, 1.82) is 0 Å². The highest BCUT2D eigenvalue weighted by Crippen LogP contribution is 2.42. The summed E-state index contributed by atoms with van der Waals surface area (Å²) in [6.45, 7) is 6.59. The van der Waals surface area contributed by atoms with Crippen LogP contribution in [0.3, 0.4) is 0 Å². The van der Waals surface area contributed by atoms with Crippen molar-refractivity contribution in [2.45, 2.75) is 45.1 Å². The molecule has 2 aromatic carbocycles. The fourth-order valence-corrected chi connectivity index (χ4v) is 4.40. The molecule has 0 spiro atoms. The van der Waals surface area contributed by atoms with Gasteiger partial charge in [-0.3, -0.25) is 0 Å². The molecule has 7 heteroatoms. The van der Waals surface area contributed by atoms with E-state index in [1.54, 1.807) is 0 Å². The Morgan fingerprint density at radius 1 is 1.13 bits per heavy atom. The Morgan fingerprint density at radius 3 is 2.77 bits per heavy atom. The van der Waals surface area contributed by atoms with E-state index < -0.39 is 11.7 Å². The van der Waals surface area contributed by atoms with E-state index in [-0.39, 0.29) is 12.8 Å². The zero-order valence-electron chi connectivity index (χ0n) is 17.0. The second-order valence-corrected chi connectivity index (χ2v) is 8.75. The summed E-state index contributed by atoms with van der Waals surface area (Å²) < 4.78 is 17.0. The largest absolute Gasteiger partial charge is 0.485 e. The highest BCUT2D eigenvalue weighted by Gasteiger charge is 2.43. The van der Waals surface area contributed by atoms with Gasteiger partial charge in [-0.1, -0.05) is 17.7 Å². The number of hydrogen-bond acceptors (Lipinski definition) is 6. The minimum absolute atomic E-state index is 0.245. The van der Waals surface area contributed by atoms with Crippen molar-refractivity contribution in [3.63, 3.8) is 0 Å². The van der Waals surface area contributed by atoms with Crippen LogP contribution in [0, 0.1) is 6.92 Å². The van der Waals surface area contributed by atoms with Crippen molar-refractivity contribution in [1.82, 2.24) is 10.3 Å². The molecule has 2 atom stereocenters. The average molecular weight is 427 g/mol. The van der Waals surface area contributed by atoms with Gasteiger partial charge in [-0.25, -0.2) is 4.98 Å². The fraction of sp³-hybridized carbons (Fsp3) is 0.348. The van der Waals surface area contributed by atoms with Crippen LogP contribution in [0.2, 0.25) is 5.15 Å². The Balaban J connectivity index is 1.51. The summed E-state index contributed by atoms with van der Waals surface area (Å²) in [7, 11) is 0. The molecule has 0 amide bonds. The van der Waals surface area contributed by atoms with Gasteiger partial charge in [0.1, 0.15) is 22.6 Å². The number of aliphatic hydroxyl groups excluding tert-OH is 1. The number of ether oxygens (including phenoxy) is 3. The van der Waals surface area contributed by atoms with Crippen LogP contribution in [0.15, 0.2) is 36.4 Å². The SMILES string of the molecule is Cc1cc(Cl)nc2cc3c(cc12)OC(C)(C)[C@H](O)[C@H]3NCc1ccc2c(c1)OCO2. The van der Waals surface area contributed by atoms with E-state index in [4.69, 9.17) is 25.8 Å². The lowest BCUT2D eigenvalue weighted by atomic mass is 9.85. The smallest absolute Gasteiger partial charge is 0.231 e. The van der Waals surface area contributed by atoms with Crippen LogP contribution in [0.1, 0.15) is 36.6 Å². The van der Waals surface area contributed by atoms with Gasteiger partial charge in [-0.2, -0.15) is 0 Å². The molecular weight excluding hydrogens is 404 g/mol. The van der Waals surface area contributed by atoms with Crippen molar-refractivity contribution in [2.75, 3.05) is 6.79 Å². The third kappa shape index (κ3) is 3.25. The normalized spacial score (nSPS) is 21.4. The zero-order chi connectivity index (χ0) is 21.0. The number of rotatable bonds is 3. The van der Waals surface area contributed by atoms with Crippen molar-refractivity contribution in [3.05, 3.63) is 58.2 Å². The van der Waals surface area contributed by atoms with Crippen LogP contribution in [0.4, 0.5) is 0 Å². The Hall–Kier alpha value is -2.54. The topological polar surface area (TPSA) is 72.8 Å². The van der Waals surface area contributed by atoms with Gasteiger partial charge < -0.3 is 24.6 Å². The number of benzene rings is 2. The summed E-state index contributed by atoms with van der Waals surface area (Å²) in [4.78, 5) is 4.47. The first-order chi connectivity index (χ1) is 14.3. The molecule has 0 unspecified atom stereocenters. The fourth-order valence-electron chi connectivity index (χ4n) is 4.14. The predicted octanol–water partition coefficient (Wildman–Crippen LogP) is 4.29. The zero-order valence-corrected chi connectivity index (χ0v) is 17.8. The molecule has 5 rings (SSSR count). The van der Waals surface area contributed by atoms with Gasteiger partial charge in [0.15, 0.2) is 11.5 Å². The first kappa shape index (κ1) is 19.4. The Labute approximate surface area is 179 Å². The molecule has 0 saturated carbocycles. The minimum Gasteiger partial charge on any atom is -0.485 e. The number of nitrogens with zero attached hydrogens (tertiary/aromatic N) is 1. The van der Waals surface area contributed by atoms with E-state index in [2.05, 4.69) is 10.3 Å². The number of pyridine rings is 1. The second kappa shape index (κ2) is 7.01. The van der Waals surface area contributed by atoms with Gasteiger partial charge in [-0.15, -0.1) is 0 Å². The summed E-state index contributed by atoms with van der Waals surface area (Å²) >= 11 is 6.18. The minimum atomic E-state index is -0.753. The summed E-state index contributed by atoms with van der Waals surface area (Å²) in [6.07, 6.45) is -0.753. The molecule has 0 fully saturated rings. The number of hydrogen-bond donors (Lipinski definition) is 2. The molecular formula is C23H23ClN2O4. The average Bonchev–Trinajstić information content (AvgIpc) is 3.15. The van der Waals surface area contributed by atoms with E-state index in [0.29, 0.717) is 11.7 Å². The maximum Gasteiger partial charge on any atom is 0.231 e. The number of aromatic nitrogens is 1. The summed E-state index contributed by atoms with van der Waals surface area (Å²) in [5, 5.41) is 16.0. The molecule has 30 heavy (non-hydrogen) atoms. The third-order valence-corrected chi connectivity index (χ3v) is 6.01. The highest BCUT2D eigenvalue weighted by atomic mass is 35.5. The lowest BCUT2D eigenvalue weighted by Crippen LogP contribution is -2.52. The molecule has 2 aliphatic heterocycles. The number of aryl methyl sites for hydroxylation is 1. The van der Waals surface area contributed by atoms with Gasteiger partial charge in [0, 0.05) is 17.5 Å². The molecule has 156 valence electrons. The second-order valence-electron chi connectivity index (χ2n) is 8.37. The molecule has 0 radical (unpaired) electrons. The van der Waals surface area contributed by atoms with Crippen molar-refractivity contribution in [2.24, 2.45) is 0 Å². The highest BCUT2D eigenvalue weighted by molar-refractivity contribution is 6.29. The van der Waals surface area contributed by atoms with E-state index in [9.17, 15) is 5.11 Å². The maximum atomic E-state index is 11.1. The van der Waals surface area contributed by atoms with Crippen LogP contribution in [-0.2, 0) is 6.54 Å². The first-order valence-corrected chi connectivity index (χ1v) is 10.3. The van der Waals surface area contributed by atoms with E-state index in [0.717, 1.165) is 44.8 Å². The molecule has 2 aliphatic rings. The molecule has 0 aliphatic carbocycles. The molecule has 6 nitrogen and oxygen atoms in total. The van der Waals surface area contributed by atoms with Gasteiger partial charge >= 0.3 is 0 Å². The summed E-state index contributed by atoms with van der Waals surface area (Å²) in [5.41, 5.74) is 2.97. The van der Waals surface area contributed by atoms with Crippen LogP contribution >= 0.6 is 11.6 Å². The van der Waals surface area contributed by atoms with Gasteiger partial charge in [0.2, 0.25) is 6.79 Å². The van der Waals surface area contributed by atoms with Crippen LogP contribution < -0.4 is 19.5 Å². The van der Waals surface area contributed by atoms with E-state index in [1.165, 1.54) is 0 Å². The molecule has 3 aromatic rings. The van der Waals surface area contributed by atoms with Gasteiger partial charge in [0.05, 0.1) is 11.6 Å². The monoisotopic (exact) mass is 426 g/mol. The number of nitrogens with one attached hydrogen (secondary N) is 1. The third-order valence-electron chi connectivity index (χ3n) is 5.81. The molecule has 2 N–H and O–H groups in total. The first-order valence-electron chi connectivity index (χ1n) is 9.91. The van der Waals surface area contributed by atoms with Gasteiger partial charge in [-0.05, 0) is 62.2 Å². The molecule has 0 saturated heterocycles. The quantitative estimate of drug-likeness (QED) is 0.609. The van der Waals surface area contributed by atoms with Crippen molar-refractivity contribution >= 4 is 22.5 Å². The van der Waals surface area contributed by atoms with E-state index in [1.807, 2.05) is 57.2 Å². The predicted molar refractivity (Wildman–Crippen MR) is 114 cm³/mol. The number of halogens is 1. The maximum absolute atomic E-state index is 11.1. The molecule has 3 heterocycles. The van der Waals surface area contributed by atoms with Crippen LogP contribution in [-0.4, -0.2) is 28.6 Å². The lowest BCUT2D eigenvalue weighted by Gasteiger charge is -2.42. The van der Waals surface area contributed by atoms with E-state index >= 15 is 0 Å². The Morgan fingerprint density at radius 2 is 1.93 bits per heavy atom. The van der Waals surface area contributed by atoms with Crippen molar-refractivity contribution in [3.8, 4) is 17.2 Å². The van der Waals surface area contributed by atoms with Crippen LogP contribution in [0.25, 0.3) is 10.9 Å². The Bertz CT molecular complexity index is 1150. The summed E-state index contributed by atoms with van der Waals surface area (Å²) in [6, 6.07) is 11.3. The molecule has 1 aromatic heterocycles. The summed E-state index contributed by atoms with van der Waals surface area (Å²) in [5.74, 6) is 2.23. The standard InChI is InChI=1S/C23H23ClN2O4/c1-12-6-20(24)26-16-8-15-18(9-14(12)16)30-23(2,3)22(27)21(15)25-10-13-4-5-17-19(7-13)29-11-28-17/h4-9,21-22,25,27H,10-11H2,1-3H3/t21-,22+/m0/s1. The lowest BCUT2D eigenvalue weighted by molar-refractivity contribution is -0.0647. The molecule has 0 bridgehead atoms. The Kier molecular flexibility index (Phi) is 4.54. The number of aliphatic hydroxyl groups is 1.